The summed E-state index contributed by atoms with van der Waals surface area (Å²) in [7, 11) is 0. The van der Waals surface area contributed by atoms with E-state index in [0.29, 0.717) is 5.02 Å². The Bertz CT molecular complexity index is 620. The Morgan fingerprint density at radius 2 is 2.15 bits per heavy atom. The highest BCUT2D eigenvalue weighted by Crippen LogP contribution is 2.31. The molecule has 0 radical (unpaired) electrons. The van der Waals surface area contributed by atoms with Gasteiger partial charge in [0, 0.05) is 18.5 Å². The standard InChI is InChI=1S/C15H16ClN3O/c1-10(20)19-8-2-3-14(19)15-17-9-13(18-15)11-4-6-12(16)7-5-11/h4-7,9,14H,2-3,8H2,1H3,(H,17,18)/t14-/m1/s1. The first-order valence-electron chi connectivity index (χ1n) is 6.73. The smallest absolute Gasteiger partial charge is 0.220 e. The topological polar surface area (TPSA) is 49.0 Å². The number of imidazole rings is 1. The fourth-order valence-corrected chi connectivity index (χ4v) is 2.84. The fraction of sp³-hybridized carbons (Fsp3) is 0.333. The van der Waals surface area contributed by atoms with E-state index >= 15 is 0 Å². The van der Waals surface area contributed by atoms with Crippen molar-refractivity contribution >= 4 is 17.5 Å². The quantitative estimate of drug-likeness (QED) is 0.921. The number of hydrogen-bond donors (Lipinski definition) is 1. The molecule has 0 unspecified atom stereocenters. The summed E-state index contributed by atoms with van der Waals surface area (Å²) in [6, 6.07) is 7.70. The number of nitrogens with one attached hydrogen (secondary N) is 1. The molecule has 1 aliphatic rings. The first kappa shape index (κ1) is 13.2. The van der Waals surface area contributed by atoms with Gasteiger partial charge in [-0.3, -0.25) is 4.79 Å². The predicted molar refractivity (Wildman–Crippen MR) is 78.4 cm³/mol. The first-order valence-corrected chi connectivity index (χ1v) is 7.11. The average Bonchev–Trinajstić information content (AvgIpc) is 3.08. The molecule has 1 fully saturated rings. The van der Waals surface area contributed by atoms with Crippen LogP contribution in [-0.2, 0) is 4.79 Å². The highest BCUT2D eigenvalue weighted by atomic mass is 35.5. The summed E-state index contributed by atoms with van der Waals surface area (Å²) in [5.41, 5.74) is 1.99. The number of nitrogens with zero attached hydrogens (tertiary/aromatic N) is 2. The third kappa shape index (κ3) is 2.43. The van der Waals surface area contributed by atoms with Crippen molar-refractivity contribution in [3.63, 3.8) is 0 Å². The van der Waals surface area contributed by atoms with Gasteiger partial charge in [-0.2, -0.15) is 0 Å². The summed E-state index contributed by atoms with van der Waals surface area (Å²) < 4.78 is 0. The molecule has 1 amide bonds. The first-order chi connectivity index (χ1) is 9.65. The largest absolute Gasteiger partial charge is 0.340 e. The van der Waals surface area contributed by atoms with Gasteiger partial charge >= 0.3 is 0 Å². The predicted octanol–water partition coefficient (Wildman–Crippen LogP) is 3.41. The van der Waals surface area contributed by atoms with Crippen molar-refractivity contribution in [2.75, 3.05) is 6.54 Å². The van der Waals surface area contributed by atoms with E-state index in [9.17, 15) is 4.79 Å². The van der Waals surface area contributed by atoms with Crippen LogP contribution >= 0.6 is 11.6 Å². The molecule has 2 heterocycles. The summed E-state index contributed by atoms with van der Waals surface area (Å²) in [5.74, 6) is 0.972. The van der Waals surface area contributed by atoms with Crippen LogP contribution in [0.3, 0.4) is 0 Å². The third-order valence-corrected chi connectivity index (χ3v) is 3.98. The molecule has 1 N–H and O–H groups in total. The summed E-state index contributed by atoms with van der Waals surface area (Å²) >= 11 is 5.89. The Kier molecular flexibility index (Phi) is 3.49. The van der Waals surface area contributed by atoms with Crippen LogP contribution in [0.2, 0.25) is 5.02 Å². The van der Waals surface area contributed by atoms with Crippen molar-refractivity contribution in [3.8, 4) is 11.3 Å². The van der Waals surface area contributed by atoms with Crippen LogP contribution in [0.15, 0.2) is 30.5 Å². The average molecular weight is 290 g/mol. The van der Waals surface area contributed by atoms with E-state index < -0.39 is 0 Å². The Balaban J connectivity index is 1.86. The number of aromatic amines is 1. The van der Waals surface area contributed by atoms with Crippen LogP contribution in [0, 0.1) is 0 Å². The number of carbonyl (C=O) groups is 1. The second kappa shape index (κ2) is 5.29. The summed E-state index contributed by atoms with van der Waals surface area (Å²) in [4.78, 5) is 21.3. The van der Waals surface area contributed by atoms with Crippen molar-refractivity contribution < 1.29 is 4.79 Å². The van der Waals surface area contributed by atoms with Crippen molar-refractivity contribution in [1.29, 1.82) is 0 Å². The lowest BCUT2D eigenvalue weighted by molar-refractivity contribution is -0.129. The number of carbonyl (C=O) groups excluding carboxylic acids is 1. The van der Waals surface area contributed by atoms with E-state index in [-0.39, 0.29) is 11.9 Å². The molecule has 4 nitrogen and oxygen atoms in total. The van der Waals surface area contributed by atoms with Gasteiger partial charge < -0.3 is 9.88 Å². The second-order valence-electron chi connectivity index (χ2n) is 5.06. The second-order valence-corrected chi connectivity index (χ2v) is 5.50. The minimum Gasteiger partial charge on any atom is -0.340 e. The zero-order valence-corrected chi connectivity index (χ0v) is 12.0. The number of rotatable bonds is 2. The Hall–Kier alpha value is -1.81. The Morgan fingerprint density at radius 1 is 1.40 bits per heavy atom. The minimum atomic E-state index is 0.0774. The number of aromatic nitrogens is 2. The number of H-pyrrole nitrogens is 1. The lowest BCUT2D eigenvalue weighted by atomic mass is 10.2. The van der Waals surface area contributed by atoms with Gasteiger partial charge in [-0.25, -0.2) is 4.98 Å². The molecular formula is C15H16ClN3O. The minimum absolute atomic E-state index is 0.0774. The van der Waals surface area contributed by atoms with Crippen LogP contribution < -0.4 is 0 Å². The maximum Gasteiger partial charge on any atom is 0.220 e. The van der Waals surface area contributed by atoms with Crippen LogP contribution in [0.25, 0.3) is 11.3 Å². The molecule has 104 valence electrons. The Morgan fingerprint density at radius 3 is 2.85 bits per heavy atom. The van der Waals surface area contributed by atoms with E-state index in [0.717, 1.165) is 36.5 Å². The lowest BCUT2D eigenvalue weighted by Crippen LogP contribution is -2.28. The number of halogens is 1. The summed E-state index contributed by atoms with van der Waals surface area (Å²) in [6.07, 6.45) is 3.81. The van der Waals surface area contributed by atoms with Crippen molar-refractivity contribution in [2.45, 2.75) is 25.8 Å². The van der Waals surface area contributed by atoms with Gasteiger partial charge in [-0.05, 0) is 30.5 Å². The van der Waals surface area contributed by atoms with Crippen LogP contribution in [0.4, 0.5) is 0 Å². The molecule has 3 rings (SSSR count). The van der Waals surface area contributed by atoms with E-state index in [4.69, 9.17) is 11.6 Å². The fourth-order valence-electron chi connectivity index (χ4n) is 2.71. The van der Waals surface area contributed by atoms with Crippen molar-refractivity contribution in [1.82, 2.24) is 14.9 Å². The molecule has 1 aromatic carbocycles. The number of amides is 1. The molecule has 1 aliphatic heterocycles. The van der Waals surface area contributed by atoms with Gasteiger partial charge in [0.25, 0.3) is 0 Å². The maximum atomic E-state index is 11.6. The molecule has 0 aliphatic carbocycles. The highest BCUT2D eigenvalue weighted by molar-refractivity contribution is 6.30. The third-order valence-electron chi connectivity index (χ3n) is 3.72. The number of benzene rings is 1. The molecule has 1 atom stereocenters. The Labute approximate surface area is 122 Å². The SMILES string of the molecule is CC(=O)N1CCC[C@@H]1c1ncc(-c2ccc(Cl)cc2)[nH]1. The molecule has 0 spiro atoms. The van der Waals surface area contributed by atoms with E-state index in [2.05, 4.69) is 9.97 Å². The van der Waals surface area contributed by atoms with Crippen molar-refractivity contribution in [2.24, 2.45) is 0 Å². The molecule has 5 heteroatoms. The van der Waals surface area contributed by atoms with Gasteiger partial charge in [0.15, 0.2) is 0 Å². The van der Waals surface area contributed by atoms with Gasteiger partial charge in [-0.15, -0.1) is 0 Å². The number of likely N-dealkylation sites (tertiary alicyclic amines) is 1. The molecule has 0 bridgehead atoms. The van der Waals surface area contributed by atoms with Crippen LogP contribution in [0.5, 0.6) is 0 Å². The highest BCUT2D eigenvalue weighted by Gasteiger charge is 2.29. The van der Waals surface area contributed by atoms with Gasteiger partial charge in [0.1, 0.15) is 5.82 Å². The van der Waals surface area contributed by atoms with Crippen LogP contribution in [-0.4, -0.2) is 27.3 Å². The molecule has 2 aromatic rings. The van der Waals surface area contributed by atoms with E-state index in [1.807, 2.05) is 35.4 Å². The van der Waals surface area contributed by atoms with Gasteiger partial charge in [-0.1, -0.05) is 23.7 Å². The van der Waals surface area contributed by atoms with Crippen molar-refractivity contribution in [3.05, 3.63) is 41.3 Å². The zero-order valence-electron chi connectivity index (χ0n) is 11.3. The normalized spacial score (nSPS) is 18.5. The number of hydrogen-bond acceptors (Lipinski definition) is 2. The molecule has 20 heavy (non-hydrogen) atoms. The summed E-state index contributed by atoms with van der Waals surface area (Å²) in [6.45, 7) is 2.43. The zero-order chi connectivity index (χ0) is 14.1. The summed E-state index contributed by atoms with van der Waals surface area (Å²) in [5, 5.41) is 0.715. The van der Waals surface area contributed by atoms with E-state index in [1.165, 1.54) is 0 Å². The lowest BCUT2D eigenvalue weighted by Gasteiger charge is -2.21. The van der Waals surface area contributed by atoms with Gasteiger partial charge in [0.2, 0.25) is 5.91 Å². The maximum absolute atomic E-state index is 11.6. The van der Waals surface area contributed by atoms with Crippen LogP contribution in [0.1, 0.15) is 31.6 Å². The molecular weight excluding hydrogens is 274 g/mol. The monoisotopic (exact) mass is 289 g/mol. The molecule has 0 saturated carbocycles. The molecule has 1 saturated heterocycles. The van der Waals surface area contributed by atoms with E-state index in [1.54, 1.807) is 6.92 Å². The van der Waals surface area contributed by atoms with Gasteiger partial charge in [0.05, 0.1) is 17.9 Å². The molecule has 1 aromatic heterocycles.